The average Bonchev–Trinajstić information content (AvgIpc) is 3.04. The van der Waals surface area contributed by atoms with E-state index < -0.39 is 22.4 Å². The van der Waals surface area contributed by atoms with E-state index in [4.69, 9.17) is 0 Å². The molecule has 2 rings (SSSR count). The van der Waals surface area contributed by atoms with Crippen LogP contribution in [-0.2, 0) is 16.4 Å². The molecule has 0 aliphatic heterocycles. The smallest absolute Gasteiger partial charge is 0.354 e. The molecule has 1 unspecified atom stereocenters. The highest BCUT2D eigenvalue weighted by Crippen LogP contribution is 2.34. The van der Waals surface area contributed by atoms with Gasteiger partial charge in [0.25, 0.3) is 0 Å². The Labute approximate surface area is 176 Å². The number of thiol groups is 1. The normalized spacial score (nSPS) is 13.2. The standard InChI is InChI=1S/C19H27FN4O3S2/c1-10(2)13-7-12(20)8-14(11(3)4)16(13)22-17(25)23-29(27)24-18-21-9-15(28-18)19(5,6)26/h7-11,26,29H,1-6H3,(H2,21,22,23,24,25,27). The molecule has 0 radical (unpaired) electrons. The highest BCUT2D eigenvalue weighted by molar-refractivity contribution is 7.77. The van der Waals surface area contributed by atoms with E-state index >= 15 is 0 Å². The van der Waals surface area contributed by atoms with E-state index in [2.05, 4.69) is 19.4 Å². The van der Waals surface area contributed by atoms with Gasteiger partial charge in [0.15, 0.2) is 5.13 Å². The summed E-state index contributed by atoms with van der Waals surface area (Å²) in [5.74, 6) is -0.423. The molecule has 2 aromatic rings. The first kappa shape index (κ1) is 23.2. The fourth-order valence-electron chi connectivity index (χ4n) is 2.63. The van der Waals surface area contributed by atoms with Crippen LogP contribution in [0.3, 0.4) is 0 Å². The third-order valence-electron chi connectivity index (χ3n) is 4.12. The zero-order chi connectivity index (χ0) is 21.9. The molecule has 0 saturated carbocycles. The lowest BCUT2D eigenvalue weighted by atomic mass is 9.92. The van der Waals surface area contributed by atoms with Gasteiger partial charge in [0.1, 0.15) is 16.6 Å². The first-order chi connectivity index (χ1) is 13.4. The van der Waals surface area contributed by atoms with Crippen molar-refractivity contribution >= 4 is 39.0 Å². The number of rotatable bonds is 6. The summed E-state index contributed by atoms with van der Waals surface area (Å²) in [6, 6.07) is 1.98. The Morgan fingerprint density at radius 1 is 1.24 bits per heavy atom. The van der Waals surface area contributed by atoms with Gasteiger partial charge in [-0.05, 0) is 48.9 Å². The van der Waals surface area contributed by atoms with Gasteiger partial charge in [-0.25, -0.2) is 18.4 Å². The first-order valence-electron chi connectivity index (χ1n) is 9.17. The van der Waals surface area contributed by atoms with E-state index in [9.17, 15) is 18.5 Å². The second kappa shape index (κ2) is 9.19. The summed E-state index contributed by atoms with van der Waals surface area (Å²) in [5, 5.41) is 12.9. The molecule has 1 aromatic carbocycles. The molecule has 29 heavy (non-hydrogen) atoms. The summed E-state index contributed by atoms with van der Waals surface area (Å²) >= 11 is 1.12. The molecule has 7 nitrogen and oxygen atoms in total. The molecule has 0 fully saturated rings. The predicted molar refractivity (Wildman–Crippen MR) is 117 cm³/mol. The lowest BCUT2D eigenvalue weighted by molar-refractivity contribution is 0.0823. The molecule has 0 spiro atoms. The molecular formula is C19H27FN4O3S2. The van der Waals surface area contributed by atoms with Gasteiger partial charge in [0.05, 0.1) is 10.5 Å². The number of nitrogens with zero attached hydrogens (tertiary/aromatic N) is 2. The van der Waals surface area contributed by atoms with Gasteiger partial charge in [-0.15, -0.1) is 4.36 Å². The van der Waals surface area contributed by atoms with Crippen LogP contribution >= 0.6 is 11.3 Å². The Bertz CT molecular complexity index is 945. The van der Waals surface area contributed by atoms with E-state index in [1.54, 1.807) is 13.8 Å². The number of aromatic nitrogens is 1. The highest BCUT2D eigenvalue weighted by atomic mass is 32.2. The molecule has 2 amide bonds. The van der Waals surface area contributed by atoms with Crippen LogP contribution < -0.4 is 10.0 Å². The van der Waals surface area contributed by atoms with Crippen LogP contribution in [0.5, 0.6) is 0 Å². The highest BCUT2D eigenvalue weighted by Gasteiger charge is 2.20. The maximum atomic E-state index is 14.0. The molecule has 3 N–H and O–H groups in total. The topological polar surface area (TPSA) is 104 Å². The number of aliphatic hydroxyl groups is 1. The predicted octanol–water partition coefficient (Wildman–Crippen LogP) is 4.98. The first-order valence-corrected chi connectivity index (χ1v) is 11.2. The number of urea groups is 1. The van der Waals surface area contributed by atoms with Crippen molar-refractivity contribution in [2.24, 2.45) is 4.36 Å². The van der Waals surface area contributed by atoms with Crippen molar-refractivity contribution in [1.82, 2.24) is 4.98 Å². The quantitative estimate of drug-likeness (QED) is 0.474. The number of hydrogen-bond acceptors (Lipinski definition) is 5. The average molecular weight is 443 g/mol. The number of anilines is 2. The number of halogens is 1. The van der Waals surface area contributed by atoms with Crippen molar-refractivity contribution in [1.29, 1.82) is 0 Å². The number of hydrogen-bond donors (Lipinski definition) is 4. The minimum absolute atomic E-state index is 0.0269. The van der Waals surface area contributed by atoms with Gasteiger partial charge in [0.2, 0.25) is 0 Å². The summed E-state index contributed by atoms with van der Waals surface area (Å²) in [4.78, 5) is 17.0. The number of carbonyl (C=O) groups is 1. The van der Waals surface area contributed by atoms with Gasteiger partial charge in [-0.3, -0.25) is 4.72 Å². The van der Waals surface area contributed by atoms with Crippen molar-refractivity contribution in [2.45, 2.75) is 59.0 Å². The third kappa shape index (κ3) is 6.22. The minimum Gasteiger partial charge on any atom is -0.385 e. The van der Waals surface area contributed by atoms with Crippen molar-refractivity contribution < 1.29 is 18.5 Å². The van der Waals surface area contributed by atoms with Crippen LogP contribution in [0, 0.1) is 5.82 Å². The van der Waals surface area contributed by atoms with E-state index in [1.165, 1.54) is 18.3 Å². The number of carbonyl (C=O) groups excluding carboxylic acids is 1. The van der Waals surface area contributed by atoms with Crippen LogP contribution in [-0.4, -0.2) is 20.3 Å². The number of nitrogens with one attached hydrogen (secondary N) is 2. The van der Waals surface area contributed by atoms with Crippen molar-refractivity contribution in [2.75, 3.05) is 10.0 Å². The maximum absolute atomic E-state index is 14.0. The molecule has 160 valence electrons. The Hall–Kier alpha value is -2.04. The van der Waals surface area contributed by atoms with Gasteiger partial charge in [-0.2, -0.15) is 0 Å². The van der Waals surface area contributed by atoms with Gasteiger partial charge >= 0.3 is 6.03 Å². The zero-order valence-corrected chi connectivity index (χ0v) is 19.0. The molecule has 0 bridgehead atoms. The maximum Gasteiger partial charge on any atom is 0.354 e. The monoisotopic (exact) mass is 442 g/mol. The van der Waals surface area contributed by atoms with Crippen LogP contribution in [0.25, 0.3) is 0 Å². The molecule has 0 saturated heterocycles. The number of benzene rings is 1. The Balaban J connectivity index is 2.24. The van der Waals surface area contributed by atoms with Crippen LogP contribution in [0.2, 0.25) is 0 Å². The lowest BCUT2D eigenvalue weighted by Crippen LogP contribution is -2.14. The summed E-state index contributed by atoms with van der Waals surface area (Å²) < 4.78 is 32.4. The van der Waals surface area contributed by atoms with Crippen molar-refractivity contribution in [3.63, 3.8) is 0 Å². The third-order valence-corrected chi connectivity index (χ3v) is 6.27. The molecule has 0 aliphatic carbocycles. The largest absolute Gasteiger partial charge is 0.385 e. The summed E-state index contributed by atoms with van der Waals surface area (Å²) in [6.45, 7) is 10.8. The zero-order valence-electron chi connectivity index (χ0n) is 17.3. The van der Waals surface area contributed by atoms with E-state index in [-0.39, 0.29) is 22.8 Å². The van der Waals surface area contributed by atoms with Gasteiger partial charge < -0.3 is 10.4 Å². The van der Waals surface area contributed by atoms with E-state index in [0.717, 1.165) is 11.3 Å². The van der Waals surface area contributed by atoms with Gasteiger partial charge in [-0.1, -0.05) is 39.0 Å². The molecule has 0 aliphatic rings. The SMILES string of the molecule is CC(C)c1cc(F)cc(C(C)C)c1NC(=O)/N=[SH](=O)\Nc1ncc(C(C)(C)O)s1. The van der Waals surface area contributed by atoms with Gasteiger partial charge in [0, 0.05) is 11.9 Å². The Morgan fingerprint density at radius 2 is 1.79 bits per heavy atom. The second-order valence-electron chi connectivity index (χ2n) is 7.77. The van der Waals surface area contributed by atoms with Crippen molar-refractivity contribution in [3.05, 3.63) is 40.2 Å². The van der Waals surface area contributed by atoms with Crippen LogP contribution in [0.15, 0.2) is 22.7 Å². The molecular weight excluding hydrogens is 415 g/mol. The fraction of sp³-hybridized carbons (Fsp3) is 0.474. The van der Waals surface area contributed by atoms with Crippen LogP contribution in [0.4, 0.5) is 20.0 Å². The molecule has 1 aromatic heterocycles. The lowest BCUT2D eigenvalue weighted by Gasteiger charge is -2.19. The Morgan fingerprint density at radius 3 is 2.24 bits per heavy atom. The fourth-order valence-corrected chi connectivity index (χ4v) is 4.21. The second-order valence-corrected chi connectivity index (χ2v) is 9.77. The molecule has 10 heteroatoms. The molecule has 1 heterocycles. The van der Waals surface area contributed by atoms with E-state index in [0.29, 0.717) is 21.7 Å². The minimum atomic E-state index is -2.47. The van der Waals surface area contributed by atoms with E-state index in [1.807, 2.05) is 27.7 Å². The molecule has 1 atom stereocenters. The van der Waals surface area contributed by atoms with Crippen LogP contribution in [0.1, 0.15) is 69.4 Å². The van der Waals surface area contributed by atoms with Crippen molar-refractivity contribution in [3.8, 4) is 0 Å². The summed E-state index contributed by atoms with van der Waals surface area (Å²) in [5.41, 5.74) is 0.721. The number of thiazole rings is 1. The summed E-state index contributed by atoms with van der Waals surface area (Å²) in [6.07, 6.45) is 1.47. The number of amides is 2. The Kier molecular flexibility index (Phi) is 7.36. The summed E-state index contributed by atoms with van der Waals surface area (Å²) in [7, 11) is -2.47.